The summed E-state index contributed by atoms with van der Waals surface area (Å²) in [7, 11) is 1.50. The molecule has 1 aromatic carbocycles. The van der Waals surface area contributed by atoms with Gasteiger partial charge in [-0.2, -0.15) is 0 Å². The van der Waals surface area contributed by atoms with Crippen molar-refractivity contribution in [1.29, 1.82) is 0 Å². The van der Waals surface area contributed by atoms with Gasteiger partial charge in [0.2, 0.25) is 0 Å². The van der Waals surface area contributed by atoms with Crippen molar-refractivity contribution in [3.8, 4) is 0 Å². The van der Waals surface area contributed by atoms with E-state index in [1.54, 1.807) is 0 Å². The van der Waals surface area contributed by atoms with Crippen LogP contribution in [0.2, 0.25) is 0 Å². The van der Waals surface area contributed by atoms with Crippen LogP contribution in [0, 0.1) is 6.92 Å². The minimum atomic E-state index is 0.674. The number of benzene rings is 1. The highest BCUT2D eigenvalue weighted by atomic mass is 16.1. The van der Waals surface area contributed by atoms with E-state index in [1.165, 1.54) is 18.2 Å². The monoisotopic (exact) mass is 223 g/mol. The first-order valence-corrected chi connectivity index (χ1v) is 5.90. The maximum Gasteiger partial charge on any atom is 0.120 e. The van der Waals surface area contributed by atoms with Crippen LogP contribution in [0.1, 0.15) is 37.8 Å². The molecule has 0 atom stereocenters. The average Bonchev–Trinajstić information content (AvgIpc) is 2.37. The highest BCUT2D eigenvalue weighted by Gasteiger charge is 1.91. The summed E-state index contributed by atoms with van der Waals surface area (Å²) in [5, 5.41) is 0. The fourth-order valence-corrected chi connectivity index (χ4v) is 1.14. The summed E-state index contributed by atoms with van der Waals surface area (Å²) in [6, 6.07) is 8.47. The van der Waals surface area contributed by atoms with Crippen LogP contribution < -0.4 is 5.73 Å². The molecule has 0 radical (unpaired) electrons. The third kappa shape index (κ3) is 9.41. The third-order valence-corrected chi connectivity index (χ3v) is 1.91. The summed E-state index contributed by atoms with van der Waals surface area (Å²) in [5.74, 6) is 0. The van der Waals surface area contributed by atoms with Crippen molar-refractivity contribution in [3.05, 3.63) is 35.4 Å². The lowest BCUT2D eigenvalue weighted by Crippen LogP contribution is -1.85. The predicted octanol–water partition coefficient (Wildman–Crippen LogP) is 3.12. The molecule has 2 N–H and O–H groups in total. The van der Waals surface area contributed by atoms with E-state index < -0.39 is 0 Å². The molecule has 0 aliphatic heterocycles. The second kappa shape index (κ2) is 13.8. The Morgan fingerprint density at radius 2 is 1.62 bits per heavy atom. The van der Waals surface area contributed by atoms with Crippen LogP contribution in [0.25, 0.3) is 0 Å². The number of unbranched alkanes of at least 4 members (excludes halogenated alkanes) is 1. The Bertz CT molecular complexity index is 241. The van der Waals surface area contributed by atoms with Crippen LogP contribution in [0.15, 0.2) is 24.3 Å². The molecule has 0 saturated heterocycles. The number of aryl methyl sites for hydroxylation is 2. The van der Waals surface area contributed by atoms with Gasteiger partial charge in [0, 0.05) is 6.42 Å². The van der Waals surface area contributed by atoms with Crippen molar-refractivity contribution < 1.29 is 4.79 Å². The van der Waals surface area contributed by atoms with Gasteiger partial charge in [0.1, 0.15) is 6.29 Å². The first-order chi connectivity index (χ1) is 7.83. The van der Waals surface area contributed by atoms with Gasteiger partial charge in [0.15, 0.2) is 0 Å². The Kier molecular flexibility index (Phi) is 14.9. The Morgan fingerprint density at radius 3 is 2.06 bits per heavy atom. The SMILES string of the molecule is CC.CN.Cc1ccc(CCCC=O)cc1. The number of aldehydes is 1. The van der Waals surface area contributed by atoms with Crippen molar-refractivity contribution in [3.63, 3.8) is 0 Å². The Morgan fingerprint density at radius 1 is 1.12 bits per heavy atom. The second-order valence-corrected chi connectivity index (χ2v) is 3.04. The number of nitrogens with two attached hydrogens (primary N) is 1. The van der Waals surface area contributed by atoms with Gasteiger partial charge >= 0.3 is 0 Å². The molecule has 1 aromatic rings. The minimum absolute atomic E-state index is 0.674. The molecule has 92 valence electrons. The van der Waals surface area contributed by atoms with Gasteiger partial charge in [0.05, 0.1) is 0 Å². The molecular weight excluding hydrogens is 198 g/mol. The van der Waals surface area contributed by atoms with E-state index in [1.807, 2.05) is 13.8 Å². The number of rotatable bonds is 4. The molecule has 0 heterocycles. The third-order valence-electron chi connectivity index (χ3n) is 1.91. The first-order valence-electron chi connectivity index (χ1n) is 5.90. The molecule has 0 aliphatic carbocycles. The second-order valence-electron chi connectivity index (χ2n) is 3.04. The molecule has 16 heavy (non-hydrogen) atoms. The van der Waals surface area contributed by atoms with Crippen molar-refractivity contribution in [2.45, 2.75) is 40.0 Å². The zero-order chi connectivity index (χ0) is 12.8. The fourth-order valence-electron chi connectivity index (χ4n) is 1.14. The zero-order valence-corrected chi connectivity index (χ0v) is 11.0. The van der Waals surface area contributed by atoms with Gasteiger partial charge in [-0.3, -0.25) is 0 Å². The van der Waals surface area contributed by atoms with Gasteiger partial charge in [-0.25, -0.2) is 0 Å². The van der Waals surface area contributed by atoms with E-state index in [9.17, 15) is 4.79 Å². The largest absolute Gasteiger partial charge is 0.333 e. The summed E-state index contributed by atoms with van der Waals surface area (Å²) >= 11 is 0. The van der Waals surface area contributed by atoms with Crippen molar-refractivity contribution in [2.24, 2.45) is 5.73 Å². The van der Waals surface area contributed by atoms with Gasteiger partial charge < -0.3 is 10.5 Å². The highest BCUT2D eigenvalue weighted by Crippen LogP contribution is 2.06. The van der Waals surface area contributed by atoms with E-state index in [2.05, 4.69) is 36.9 Å². The maximum atomic E-state index is 10.0. The molecule has 0 aromatic heterocycles. The molecule has 0 amide bonds. The maximum absolute atomic E-state index is 10.0. The standard InChI is InChI=1S/C11H14O.C2H6.CH5N/c1-10-5-7-11(8-6-10)4-2-3-9-12;2*1-2/h5-9H,2-4H2,1H3;1-2H3;2H2,1H3. The molecule has 1 rings (SSSR count). The van der Waals surface area contributed by atoms with Crippen LogP contribution >= 0.6 is 0 Å². The van der Waals surface area contributed by atoms with E-state index >= 15 is 0 Å². The van der Waals surface area contributed by atoms with Crippen LogP contribution in [-0.4, -0.2) is 13.3 Å². The van der Waals surface area contributed by atoms with E-state index in [0.717, 1.165) is 19.1 Å². The van der Waals surface area contributed by atoms with Gasteiger partial charge in [0.25, 0.3) is 0 Å². The number of hydrogen-bond acceptors (Lipinski definition) is 2. The summed E-state index contributed by atoms with van der Waals surface area (Å²) < 4.78 is 0. The van der Waals surface area contributed by atoms with Crippen LogP contribution in [0.4, 0.5) is 0 Å². The average molecular weight is 223 g/mol. The molecule has 0 spiro atoms. The van der Waals surface area contributed by atoms with Crippen LogP contribution in [0.5, 0.6) is 0 Å². The molecule has 2 heteroatoms. The highest BCUT2D eigenvalue weighted by molar-refractivity contribution is 5.49. The summed E-state index contributed by atoms with van der Waals surface area (Å²) in [6.45, 7) is 6.08. The van der Waals surface area contributed by atoms with Gasteiger partial charge in [-0.05, 0) is 32.4 Å². The van der Waals surface area contributed by atoms with Gasteiger partial charge in [-0.15, -0.1) is 0 Å². The van der Waals surface area contributed by atoms with Gasteiger partial charge in [-0.1, -0.05) is 43.7 Å². The molecule has 0 fully saturated rings. The van der Waals surface area contributed by atoms with E-state index in [-0.39, 0.29) is 0 Å². The van der Waals surface area contributed by atoms with Crippen LogP contribution in [-0.2, 0) is 11.2 Å². The van der Waals surface area contributed by atoms with Crippen molar-refractivity contribution in [2.75, 3.05) is 7.05 Å². The predicted molar refractivity (Wildman–Crippen MR) is 71.6 cm³/mol. The smallest absolute Gasteiger partial charge is 0.120 e. The lowest BCUT2D eigenvalue weighted by Gasteiger charge is -1.98. The fraction of sp³-hybridized carbons (Fsp3) is 0.500. The number of carbonyl (C=O) groups is 1. The molecule has 0 bridgehead atoms. The van der Waals surface area contributed by atoms with Crippen molar-refractivity contribution in [1.82, 2.24) is 0 Å². The topological polar surface area (TPSA) is 43.1 Å². The van der Waals surface area contributed by atoms with E-state index in [4.69, 9.17) is 0 Å². The Balaban J connectivity index is 0. The minimum Gasteiger partial charge on any atom is -0.333 e. The summed E-state index contributed by atoms with van der Waals surface area (Å²) in [4.78, 5) is 10.0. The number of hydrogen-bond donors (Lipinski definition) is 1. The molecule has 0 unspecified atom stereocenters. The number of carbonyl (C=O) groups excluding carboxylic acids is 1. The molecule has 0 aliphatic rings. The summed E-state index contributed by atoms with van der Waals surface area (Å²) in [5.41, 5.74) is 7.11. The molecular formula is C14H25NO. The quantitative estimate of drug-likeness (QED) is 0.629. The lowest BCUT2D eigenvalue weighted by atomic mass is 10.1. The lowest BCUT2D eigenvalue weighted by molar-refractivity contribution is -0.107. The first kappa shape index (κ1) is 17.3. The zero-order valence-electron chi connectivity index (χ0n) is 11.0. The van der Waals surface area contributed by atoms with E-state index in [0.29, 0.717) is 6.42 Å². The molecule has 0 saturated carbocycles. The summed E-state index contributed by atoms with van der Waals surface area (Å²) in [6.07, 6.45) is 3.63. The Hall–Kier alpha value is -1.15. The molecule has 2 nitrogen and oxygen atoms in total. The van der Waals surface area contributed by atoms with Crippen molar-refractivity contribution >= 4 is 6.29 Å². The normalized spacial score (nSPS) is 8.06. The van der Waals surface area contributed by atoms with Crippen LogP contribution in [0.3, 0.4) is 0 Å². The Labute approximate surface area is 99.9 Å².